The molecular weight excluding hydrogens is 401 g/mol. The van der Waals surface area contributed by atoms with Gasteiger partial charge in [-0.2, -0.15) is 4.39 Å². The lowest BCUT2D eigenvalue weighted by Crippen LogP contribution is -2.20. The number of aromatic amines is 1. The van der Waals surface area contributed by atoms with Crippen LogP contribution in [0, 0.1) is 15.9 Å². The molecule has 2 N–H and O–H groups in total. The summed E-state index contributed by atoms with van der Waals surface area (Å²) in [5, 5.41) is 19.9. The minimum absolute atomic E-state index is 0.0825. The molecule has 0 spiro atoms. The number of thioether (sulfide) groups is 1. The van der Waals surface area contributed by atoms with Crippen molar-refractivity contribution in [3.8, 4) is 0 Å². The molecule has 0 aliphatic heterocycles. The van der Waals surface area contributed by atoms with Crippen LogP contribution in [0.25, 0.3) is 0 Å². The Balaban J connectivity index is 1.60. The van der Waals surface area contributed by atoms with Crippen LogP contribution in [-0.2, 0) is 17.8 Å². The second-order valence-corrected chi connectivity index (χ2v) is 6.90. The van der Waals surface area contributed by atoms with Gasteiger partial charge in [-0.3, -0.25) is 19.5 Å². The van der Waals surface area contributed by atoms with Crippen LogP contribution in [0.4, 0.5) is 15.8 Å². The molecule has 0 unspecified atom stereocenters. The normalized spacial score (nSPS) is 10.7. The van der Waals surface area contributed by atoms with Gasteiger partial charge in [0.1, 0.15) is 0 Å². The van der Waals surface area contributed by atoms with Gasteiger partial charge in [0.2, 0.25) is 11.7 Å². The maximum Gasteiger partial charge on any atom is 0.343 e. The smallest absolute Gasteiger partial charge is 0.325 e. The number of nitro benzene ring substituents is 1. The number of aryl methyl sites for hydroxylation is 1. The summed E-state index contributed by atoms with van der Waals surface area (Å²) in [7, 11) is 0. The number of carbonyl (C=O) groups is 1. The highest BCUT2D eigenvalue weighted by atomic mass is 32.2. The van der Waals surface area contributed by atoms with Crippen molar-refractivity contribution in [1.29, 1.82) is 0 Å². The fraction of sp³-hybridized carbons (Fsp3) is 0.167. The first-order valence-electron chi connectivity index (χ1n) is 8.50. The molecule has 11 heteroatoms. The largest absolute Gasteiger partial charge is 0.343 e. The number of H-pyrrole nitrogens is 1. The topological polar surface area (TPSA) is 123 Å². The lowest BCUT2D eigenvalue weighted by atomic mass is 10.1. The number of nitro groups is 1. The predicted octanol–water partition coefficient (Wildman–Crippen LogP) is 2.59. The number of rotatable bonds is 8. The summed E-state index contributed by atoms with van der Waals surface area (Å²) in [6.07, 6.45) is 0.624. The summed E-state index contributed by atoms with van der Waals surface area (Å²) in [6, 6.07) is 12.7. The van der Waals surface area contributed by atoms with Gasteiger partial charge in [0.15, 0.2) is 5.16 Å². The SMILES string of the molecule is O=C(CSc1n[nH]c(=O)n1CCc1ccccc1)Nc1ccc(F)c([N+](=O)[O-])c1. The average Bonchev–Trinajstić information content (AvgIpc) is 3.06. The molecule has 1 aromatic heterocycles. The zero-order chi connectivity index (χ0) is 20.8. The minimum Gasteiger partial charge on any atom is -0.325 e. The van der Waals surface area contributed by atoms with Gasteiger partial charge in [0.05, 0.1) is 10.7 Å². The fourth-order valence-electron chi connectivity index (χ4n) is 2.55. The Morgan fingerprint density at radius 3 is 2.76 bits per heavy atom. The Bertz CT molecular complexity index is 1080. The summed E-state index contributed by atoms with van der Waals surface area (Å²) in [6.45, 7) is 0.396. The molecule has 3 aromatic rings. The van der Waals surface area contributed by atoms with Gasteiger partial charge in [-0.05, 0) is 24.1 Å². The van der Waals surface area contributed by atoms with Gasteiger partial charge in [-0.25, -0.2) is 9.89 Å². The number of nitrogens with zero attached hydrogens (tertiary/aromatic N) is 3. The van der Waals surface area contributed by atoms with E-state index in [0.29, 0.717) is 18.1 Å². The van der Waals surface area contributed by atoms with Crippen LogP contribution in [0.15, 0.2) is 58.5 Å². The summed E-state index contributed by atoms with van der Waals surface area (Å²) in [5.74, 6) is -1.54. The molecule has 3 rings (SSSR count). The second-order valence-electron chi connectivity index (χ2n) is 5.96. The van der Waals surface area contributed by atoms with Crippen molar-refractivity contribution in [3.63, 3.8) is 0 Å². The van der Waals surface area contributed by atoms with Crippen molar-refractivity contribution in [2.24, 2.45) is 0 Å². The number of amides is 1. The van der Waals surface area contributed by atoms with E-state index in [1.54, 1.807) is 0 Å². The van der Waals surface area contributed by atoms with Crippen LogP contribution in [0.3, 0.4) is 0 Å². The zero-order valence-electron chi connectivity index (χ0n) is 15.0. The number of benzene rings is 2. The van der Waals surface area contributed by atoms with Gasteiger partial charge in [0, 0.05) is 18.3 Å². The van der Waals surface area contributed by atoms with E-state index in [2.05, 4.69) is 15.5 Å². The number of carbonyl (C=O) groups excluding carboxylic acids is 1. The molecule has 1 amide bonds. The second kappa shape index (κ2) is 9.15. The highest BCUT2D eigenvalue weighted by Gasteiger charge is 2.16. The number of nitrogens with one attached hydrogen (secondary N) is 2. The third-order valence-electron chi connectivity index (χ3n) is 3.95. The van der Waals surface area contributed by atoms with E-state index in [0.717, 1.165) is 29.5 Å². The maximum atomic E-state index is 13.4. The zero-order valence-corrected chi connectivity index (χ0v) is 15.8. The molecule has 0 saturated carbocycles. The Morgan fingerprint density at radius 1 is 1.28 bits per heavy atom. The summed E-state index contributed by atoms with van der Waals surface area (Å²) < 4.78 is 14.8. The minimum atomic E-state index is -0.985. The van der Waals surface area contributed by atoms with E-state index in [-0.39, 0.29) is 17.1 Å². The number of anilines is 1. The van der Waals surface area contributed by atoms with Crippen LogP contribution in [0.5, 0.6) is 0 Å². The molecule has 0 bridgehead atoms. The molecule has 2 aromatic carbocycles. The third-order valence-corrected chi connectivity index (χ3v) is 4.93. The molecule has 1 heterocycles. The van der Waals surface area contributed by atoms with Crippen molar-refractivity contribution in [1.82, 2.24) is 14.8 Å². The molecule has 29 heavy (non-hydrogen) atoms. The summed E-state index contributed by atoms with van der Waals surface area (Å²) in [5.41, 5.74) is 0.0647. The molecule has 0 saturated heterocycles. The lowest BCUT2D eigenvalue weighted by Gasteiger charge is -2.07. The number of halogens is 1. The monoisotopic (exact) mass is 417 g/mol. The van der Waals surface area contributed by atoms with Gasteiger partial charge >= 0.3 is 11.4 Å². The fourth-order valence-corrected chi connectivity index (χ4v) is 3.33. The Hall–Kier alpha value is -3.47. The van der Waals surface area contributed by atoms with Crippen LogP contribution in [-0.4, -0.2) is 31.3 Å². The van der Waals surface area contributed by atoms with E-state index in [1.165, 1.54) is 10.6 Å². The van der Waals surface area contributed by atoms with Crippen molar-refractivity contribution in [2.45, 2.75) is 18.1 Å². The first-order valence-corrected chi connectivity index (χ1v) is 9.48. The molecule has 0 radical (unpaired) electrons. The highest BCUT2D eigenvalue weighted by molar-refractivity contribution is 7.99. The molecule has 150 valence electrons. The molecule has 9 nitrogen and oxygen atoms in total. The molecule has 0 fully saturated rings. The molecule has 0 aliphatic rings. The van der Waals surface area contributed by atoms with Crippen LogP contribution >= 0.6 is 11.8 Å². The van der Waals surface area contributed by atoms with Crippen LogP contribution in [0.1, 0.15) is 5.56 Å². The van der Waals surface area contributed by atoms with E-state index < -0.39 is 22.3 Å². The van der Waals surface area contributed by atoms with Gasteiger partial charge in [-0.15, -0.1) is 5.10 Å². The molecular formula is C18H16FN5O4S. The average molecular weight is 417 g/mol. The number of hydrogen-bond acceptors (Lipinski definition) is 6. The Morgan fingerprint density at radius 2 is 2.03 bits per heavy atom. The van der Waals surface area contributed by atoms with Crippen LogP contribution < -0.4 is 11.0 Å². The predicted molar refractivity (Wildman–Crippen MR) is 105 cm³/mol. The molecule has 0 aliphatic carbocycles. The third kappa shape index (κ3) is 5.29. The van der Waals surface area contributed by atoms with Gasteiger partial charge < -0.3 is 5.32 Å². The van der Waals surface area contributed by atoms with Gasteiger partial charge in [-0.1, -0.05) is 42.1 Å². The number of hydrogen-bond donors (Lipinski definition) is 2. The van der Waals surface area contributed by atoms with E-state index in [1.807, 2.05) is 30.3 Å². The van der Waals surface area contributed by atoms with E-state index in [9.17, 15) is 24.1 Å². The lowest BCUT2D eigenvalue weighted by molar-refractivity contribution is -0.387. The molecule has 0 atom stereocenters. The standard InChI is InChI=1S/C18H16FN5O4S/c19-14-7-6-13(10-15(14)24(27)28)20-16(25)11-29-18-22-21-17(26)23(18)9-8-12-4-2-1-3-5-12/h1-7,10H,8-9,11H2,(H,20,25)(H,21,26). The Kier molecular flexibility index (Phi) is 6.39. The van der Waals surface area contributed by atoms with Gasteiger partial charge in [0.25, 0.3) is 0 Å². The first-order chi connectivity index (χ1) is 13.9. The quantitative estimate of drug-likeness (QED) is 0.330. The maximum absolute atomic E-state index is 13.4. The van der Waals surface area contributed by atoms with E-state index >= 15 is 0 Å². The summed E-state index contributed by atoms with van der Waals surface area (Å²) >= 11 is 1.04. The first kappa shape index (κ1) is 20.3. The highest BCUT2D eigenvalue weighted by Crippen LogP contribution is 2.22. The van der Waals surface area contributed by atoms with Crippen molar-refractivity contribution in [2.75, 3.05) is 11.1 Å². The number of aromatic nitrogens is 3. The van der Waals surface area contributed by atoms with Crippen LogP contribution in [0.2, 0.25) is 0 Å². The van der Waals surface area contributed by atoms with Crippen molar-refractivity contribution < 1.29 is 14.1 Å². The van der Waals surface area contributed by atoms with E-state index in [4.69, 9.17) is 0 Å². The van der Waals surface area contributed by atoms with Crippen molar-refractivity contribution >= 4 is 29.0 Å². The van der Waals surface area contributed by atoms with Crippen molar-refractivity contribution in [3.05, 3.63) is 80.5 Å². The summed E-state index contributed by atoms with van der Waals surface area (Å²) in [4.78, 5) is 34.0. The Labute approximate surface area is 168 Å².